The number of benzene rings is 2. The van der Waals surface area contributed by atoms with Gasteiger partial charge in [0.15, 0.2) is 5.69 Å². The van der Waals surface area contributed by atoms with Crippen molar-refractivity contribution in [3.05, 3.63) is 75.2 Å². The number of hydrogen-bond donors (Lipinski definition) is 1. The molecule has 6 nitrogen and oxygen atoms in total. The SMILES string of the molecule is CCn1nc(C(=O)N/N=C\c2cc(C)ccc2C)c2ccccc2c1=O. The molecule has 0 fully saturated rings. The number of nitrogens with one attached hydrogen (secondary N) is 1. The number of fused-ring (bicyclic) bond motifs is 1. The molecule has 0 bridgehead atoms. The van der Waals surface area contributed by atoms with Crippen LogP contribution in [0.15, 0.2) is 52.4 Å². The average molecular weight is 348 g/mol. The molecule has 0 radical (unpaired) electrons. The molecule has 1 heterocycles. The second-order valence-electron chi connectivity index (χ2n) is 6.07. The minimum atomic E-state index is -0.454. The lowest BCUT2D eigenvalue weighted by Gasteiger charge is -2.08. The molecule has 0 spiro atoms. The number of aromatic nitrogens is 2. The molecule has 3 aromatic rings. The second-order valence-corrected chi connectivity index (χ2v) is 6.07. The zero-order valence-corrected chi connectivity index (χ0v) is 15.0. The minimum absolute atomic E-state index is 0.181. The molecule has 0 atom stereocenters. The largest absolute Gasteiger partial charge is 0.292 e. The van der Waals surface area contributed by atoms with E-state index >= 15 is 0 Å². The average Bonchev–Trinajstić information content (AvgIpc) is 2.65. The molecule has 6 heteroatoms. The highest BCUT2D eigenvalue weighted by atomic mass is 16.2. The fraction of sp³-hybridized carbons (Fsp3) is 0.200. The van der Waals surface area contributed by atoms with Gasteiger partial charge >= 0.3 is 0 Å². The predicted molar refractivity (Wildman–Crippen MR) is 103 cm³/mol. The van der Waals surface area contributed by atoms with Crippen molar-refractivity contribution in [2.24, 2.45) is 5.10 Å². The van der Waals surface area contributed by atoms with E-state index in [1.165, 1.54) is 4.68 Å². The first-order valence-electron chi connectivity index (χ1n) is 8.41. The van der Waals surface area contributed by atoms with Gasteiger partial charge in [0.1, 0.15) is 0 Å². The van der Waals surface area contributed by atoms with Crippen LogP contribution < -0.4 is 11.0 Å². The number of hydrazone groups is 1. The van der Waals surface area contributed by atoms with Crippen LogP contribution >= 0.6 is 0 Å². The Morgan fingerprint density at radius 1 is 1.19 bits per heavy atom. The van der Waals surface area contributed by atoms with E-state index in [2.05, 4.69) is 15.6 Å². The van der Waals surface area contributed by atoms with E-state index in [4.69, 9.17) is 0 Å². The first-order chi connectivity index (χ1) is 12.5. The van der Waals surface area contributed by atoms with Gasteiger partial charge in [0.25, 0.3) is 11.5 Å². The van der Waals surface area contributed by atoms with Gasteiger partial charge in [-0.15, -0.1) is 0 Å². The smallest absolute Gasteiger partial charge is 0.267 e. The van der Waals surface area contributed by atoms with Crippen LogP contribution in [0.5, 0.6) is 0 Å². The van der Waals surface area contributed by atoms with Crippen molar-refractivity contribution in [1.29, 1.82) is 0 Å². The van der Waals surface area contributed by atoms with Crippen molar-refractivity contribution in [3.63, 3.8) is 0 Å². The first kappa shape index (κ1) is 17.5. The quantitative estimate of drug-likeness (QED) is 0.582. The van der Waals surface area contributed by atoms with Crippen molar-refractivity contribution in [2.45, 2.75) is 27.3 Å². The fourth-order valence-electron chi connectivity index (χ4n) is 2.73. The lowest BCUT2D eigenvalue weighted by molar-refractivity contribution is 0.0949. The lowest BCUT2D eigenvalue weighted by atomic mass is 10.1. The van der Waals surface area contributed by atoms with E-state index < -0.39 is 5.91 Å². The summed E-state index contributed by atoms with van der Waals surface area (Å²) in [5, 5.41) is 9.23. The molecule has 1 amide bonds. The standard InChI is InChI=1S/C20H20N4O2/c1-4-24-20(26)17-8-6-5-7-16(17)18(23-24)19(25)22-21-12-15-11-13(2)9-10-14(15)3/h5-12H,4H2,1-3H3,(H,22,25)/b21-12-. The number of aryl methyl sites for hydroxylation is 3. The highest BCUT2D eigenvalue weighted by molar-refractivity contribution is 6.05. The fourth-order valence-corrected chi connectivity index (χ4v) is 2.73. The summed E-state index contributed by atoms with van der Waals surface area (Å²) >= 11 is 0. The Morgan fingerprint density at radius 2 is 1.92 bits per heavy atom. The molecular weight excluding hydrogens is 328 g/mol. The summed E-state index contributed by atoms with van der Waals surface area (Å²) in [4.78, 5) is 24.9. The third-order valence-corrected chi connectivity index (χ3v) is 4.19. The van der Waals surface area contributed by atoms with Crippen molar-refractivity contribution >= 4 is 22.9 Å². The number of hydrogen-bond acceptors (Lipinski definition) is 4. The van der Waals surface area contributed by atoms with E-state index in [9.17, 15) is 9.59 Å². The van der Waals surface area contributed by atoms with E-state index in [-0.39, 0.29) is 11.3 Å². The zero-order valence-electron chi connectivity index (χ0n) is 15.0. The molecule has 132 valence electrons. The molecule has 0 saturated carbocycles. The van der Waals surface area contributed by atoms with Gasteiger partial charge in [0, 0.05) is 11.9 Å². The third-order valence-electron chi connectivity index (χ3n) is 4.19. The van der Waals surface area contributed by atoms with Crippen LogP contribution in [-0.2, 0) is 6.54 Å². The molecule has 0 saturated heterocycles. The third kappa shape index (κ3) is 3.39. The maximum Gasteiger partial charge on any atom is 0.292 e. The summed E-state index contributed by atoms with van der Waals surface area (Å²) in [6, 6.07) is 13.0. The van der Waals surface area contributed by atoms with E-state index in [0.29, 0.717) is 17.3 Å². The molecule has 0 unspecified atom stereocenters. The number of rotatable bonds is 4. The molecular formula is C20H20N4O2. The summed E-state index contributed by atoms with van der Waals surface area (Å²) in [5.74, 6) is -0.454. The van der Waals surface area contributed by atoms with E-state index in [1.807, 2.05) is 39.0 Å². The van der Waals surface area contributed by atoms with Gasteiger partial charge in [-0.1, -0.05) is 42.0 Å². The highest BCUT2D eigenvalue weighted by Gasteiger charge is 2.15. The Kier molecular flexibility index (Phi) is 4.93. The topological polar surface area (TPSA) is 76.3 Å². The number of nitrogens with zero attached hydrogens (tertiary/aromatic N) is 3. The van der Waals surface area contributed by atoms with Crippen LogP contribution in [0, 0.1) is 13.8 Å². The van der Waals surface area contributed by atoms with Crippen LogP contribution in [0.25, 0.3) is 10.8 Å². The van der Waals surface area contributed by atoms with Crippen LogP contribution in [0.2, 0.25) is 0 Å². The van der Waals surface area contributed by atoms with Crippen molar-refractivity contribution in [1.82, 2.24) is 15.2 Å². The molecule has 3 rings (SSSR count). The maximum atomic E-state index is 12.6. The molecule has 0 aliphatic rings. The predicted octanol–water partition coefficient (Wildman–Crippen LogP) is 2.80. The summed E-state index contributed by atoms with van der Waals surface area (Å²) in [5.41, 5.74) is 5.60. The molecule has 0 aliphatic heterocycles. The van der Waals surface area contributed by atoms with E-state index in [0.717, 1.165) is 16.7 Å². The van der Waals surface area contributed by atoms with Gasteiger partial charge in [-0.2, -0.15) is 10.2 Å². The molecule has 1 N–H and O–H groups in total. The van der Waals surface area contributed by atoms with Gasteiger partial charge in [0.05, 0.1) is 11.6 Å². The van der Waals surface area contributed by atoms with Gasteiger partial charge in [0.2, 0.25) is 0 Å². The Hall–Kier alpha value is -3.28. The zero-order chi connectivity index (χ0) is 18.7. The van der Waals surface area contributed by atoms with E-state index in [1.54, 1.807) is 30.5 Å². The molecule has 2 aromatic carbocycles. The Bertz CT molecular complexity index is 1070. The van der Waals surface area contributed by atoms with Crippen LogP contribution in [0.1, 0.15) is 34.1 Å². The number of carbonyl (C=O) groups is 1. The van der Waals surface area contributed by atoms with Gasteiger partial charge < -0.3 is 0 Å². The van der Waals surface area contributed by atoms with Crippen molar-refractivity contribution < 1.29 is 4.79 Å². The summed E-state index contributed by atoms with van der Waals surface area (Å²) in [7, 11) is 0. The Balaban J connectivity index is 1.93. The van der Waals surface area contributed by atoms with Crippen LogP contribution in [0.4, 0.5) is 0 Å². The van der Waals surface area contributed by atoms with Crippen molar-refractivity contribution in [3.8, 4) is 0 Å². The number of amides is 1. The summed E-state index contributed by atoms with van der Waals surface area (Å²) in [6.45, 7) is 6.17. The molecule has 1 aromatic heterocycles. The monoisotopic (exact) mass is 348 g/mol. The lowest BCUT2D eigenvalue weighted by Crippen LogP contribution is -2.28. The normalized spacial score (nSPS) is 11.2. The maximum absolute atomic E-state index is 12.6. The van der Waals surface area contributed by atoms with Gasteiger partial charge in [-0.05, 0) is 38.0 Å². The van der Waals surface area contributed by atoms with Gasteiger partial charge in [-0.25, -0.2) is 10.1 Å². The summed E-state index contributed by atoms with van der Waals surface area (Å²) < 4.78 is 1.28. The second kappa shape index (κ2) is 7.31. The Morgan fingerprint density at radius 3 is 2.65 bits per heavy atom. The van der Waals surface area contributed by atoms with Crippen LogP contribution in [0.3, 0.4) is 0 Å². The Labute approximate surface area is 151 Å². The molecule has 26 heavy (non-hydrogen) atoms. The van der Waals surface area contributed by atoms with Crippen LogP contribution in [-0.4, -0.2) is 21.9 Å². The number of carbonyl (C=O) groups excluding carboxylic acids is 1. The van der Waals surface area contributed by atoms with Crippen molar-refractivity contribution in [2.75, 3.05) is 0 Å². The molecule has 0 aliphatic carbocycles. The summed E-state index contributed by atoms with van der Waals surface area (Å²) in [6.07, 6.45) is 1.61. The minimum Gasteiger partial charge on any atom is -0.267 e. The highest BCUT2D eigenvalue weighted by Crippen LogP contribution is 2.13. The first-order valence-corrected chi connectivity index (χ1v) is 8.41. The van der Waals surface area contributed by atoms with Gasteiger partial charge in [-0.3, -0.25) is 9.59 Å².